The van der Waals surface area contributed by atoms with Gasteiger partial charge in [-0.2, -0.15) is 0 Å². The Labute approximate surface area is 145 Å². The third-order valence-electron chi connectivity index (χ3n) is 3.47. The molecule has 0 saturated heterocycles. The molecule has 122 valence electrons. The molecule has 0 spiro atoms. The summed E-state index contributed by atoms with van der Waals surface area (Å²) >= 11 is 1.70. The molecule has 0 radical (unpaired) electrons. The zero-order valence-corrected chi connectivity index (χ0v) is 14.2. The van der Waals surface area contributed by atoms with Gasteiger partial charge in [-0.15, -0.1) is 11.8 Å². The lowest BCUT2D eigenvalue weighted by atomic mass is 10.1. The minimum absolute atomic E-state index is 0.119. The van der Waals surface area contributed by atoms with E-state index in [0.29, 0.717) is 17.9 Å². The molecular weight excluding hydrogens is 320 g/mol. The molecule has 0 bridgehead atoms. The topological polar surface area (TPSA) is 55.1 Å². The lowest BCUT2D eigenvalue weighted by molar-refractivity contribution is 0.0947. The van der Waals surface area contributed by atoms with Crippen LogP contribution in [0.2, 0.25) is 0 Å². The van der Waals surface area contributed by atoms with Crippen LogP contribution in [-0.4, -0.2) is 11.1 Å². The van der Waals surface area contributed by atoms with Crippen LogP contribution in [0.3, 0.4) is 0 Å². The van der Waals surface area contributed by atoms with E-state index in [9.17, 15) is 4.79 Å². The number of hydrogen-bond donors (Lipinski definition) is 1. The monoisotopic (exact) mass is 338 g/mol. The molecule has 0 fully saturated rings. The molecule has 0 atom stereocenters. The zero-order valence-electron chi connectivity index (χ0n) is 13.4. The summed E-state index contributed by atoms with van der Waals surface area (Å²) in [6.07, 6.45) is 0. The van der Waals surface area contributed by atoms with Gasteiger partial charge in [0, 0.05) is 22.3 Å². The number of amides is 1. The Hall–Kier alpha value is -2.53. The standard InChI is InChI=1S/C19H18N2O2S/c1-14-7-9-15(10-8-14)19(22)20-12-17-11-16(21-23-17)13-24-18-5-3-2-4-6-18/h2-11H,12-13H2,1H3,(H,20,22). The van der Waals surface area contributed by atoms with Gasteiger partial charge in [-0.25, -0.2) is 0 Å². The summed E-state index contributed by atoms with van der Waals surface area (Å²) < 4.78 is 5.28. The Morgan fingerprint density at radius 3 is 2.62 bits per heavy atom. The van der Waals surface area contributed by atoms with Gasteiger partial charge in [0.2, 0.25) is 0 Å². The van der Waals surface area contributed by atoms with Crippen LogP contribution in [0.25, 0.3) is 0 Å². The van der Waals surface area contributed by atoms with E-state index in [1.807, 2.05) is 55.5 Å². The number of benzene rings is 2. The number of aromatic nitrogens is 1. The fourth-order valence-corrected chi connectivity index (χ4v) is 2.96. The van der Waals surface area contributed by atoms with Crippen molar-refractivity contribution in [3.63, 3.8) is 0 Å². The molecule has 0 aliphatic rings. The van der Waals surface area contributed by atoms with Crippen LogP contribution in [0.1, 0.15) is 27.4 Å². The lowest BCUT2D eigenvalue weighted by Crippen LogP contribution is -2.22. The minimum Gasteiger partial charge on any atom is -0.359 e. The molecule has 24 heavy (non-hydrogen) atoms. The number of nitrogens with one attached hydrogen (secondary N) is 1. The molecular formula is C19H18N2O2S. The summed E-state index contributed by atoms with van der Waals surface area (Å²) in [5.74, 6) is 1.27. The molecule has 1 aromatic heterocycles. The summed E-state index contributed by atoms with van der Waals surface area (Å²) in [6.45, 7) is 2.32. The van der Waals surface area contributed by atoms with E-state index in [0.717, 1.165) is 17.0 Å². The Bertz CT molecular complexity index is 798. The van der Waals surface area contributed by atoms with Gasteiger partial charge in [0.25, 0.3) is 5.91 Å². The second kappa shape index (κ2) is 7.84. The third-order valence-corrected chi connectivity index (χ3v) is 4.52. The van der Waals surface area contributed by atoms with Gasteiger partial charge >= 0.3 is 0 Å². The Morgan fingerprint density at radius 1 is 1.12 bits per heavy atom. The van der Waals surface area contributed by atoms with Crippen molar-refractivity contribution in [2.75, 3.05) is 0 Å². The molecule has 1 amide bonds. The van der Waals surface area contributed by atoms with Crippen molar-refractivity contribution in [2.45, 2.75) is 24.1 Å². The number of hydrogen-bond acceptors (Lipinski definition) is 4. The van der Waals surface area contributed by atoms with E-state index in [4.69, 9.17) is 4.52 Å². The van der Waals surface area contributed by atoms with Crippen LogP contribution >= 0.6 is 11.8 Å². The molecule has 2 aromatic carbocycles. The van der Waals surface area contributed by atoms with Gasteiger partial charge in [-0.05, 0) is 31.2 Å². The second-order valence-corrected chi connectivity index (χ2v) is 6.48. The van der Waals surface area contributed by atoms with E-state index in [2.05, 4.69) is 22.6 Å². The fourth-order valence-electron chi connectivity index (χ4n) is 2.16. The molecule has 1 N–H and O–H groups in total. The number of aryl methyl sites for hydroxylation is 1. The Morgan fingerprint density at radius 2 is 1.88 bits per heavy atom. The molecule has 4 nitrogen and oxygen atoms in total. The highest BCUT2D eigenvalue weighted by Crippen LogP contribution is 2.22. The van der Waals surface area contributed by atoms with Crippen molar-refractivity contribution < 1.29 is 9.32 Å². The first-order chi connectivity index (χ1) is 11.7. The molecule has 3 rings (SSSR count). The van der Waals surface area contributed by atoms with Gasteiger partial charge in [0.05, 0.1) is 12.2 Å². The second-order valence-electron chi connectivity index (χ2n) is 5.43. The van der Waals surface area contributed by atoms with E-state index < -0.39 is 0 Å². The molecule has 0 aliphatic carbocycles. The van der Waals surface area contributed by atoms with Gasteiger partial charge < -0.3 is 9.84 Å². The normalized spacial score (nSPS) is 10.5. The molecule has 0 unspecified atom stereocenters. The number of carbonyl (C=O) groups excluding carboxylic acids is 1. The van der Waals surface area contributed by atoms with E-state index >= 15 is 0 Å². The largest absolute Gasteiger partial charge is 0.359 e. The quantitative estimate of drug-likeness (QED) is 0.684. The highest BCUT2D eigenvalue weighted by Gasteiger charge is 2.08. The van der Waals surface area contributed by atoms with Gasteiger partial charge in [-0.3, -0.25) is 4.79 Å². The summed E-state index contributed by atoms with van der Waals surface area (Å²) in [4.78, 5) is 13.3. The maximum Gasteiger partial charge on any atom is 0.251 e. The van der Waals surface area contributed by atoms with E-state index in [1.165, 1.54) is 4.90 Å². The van der Waals surface area contributed by atoms with Crippen LogP contribution < -0.4 is 5.32 Å². The number of thioether (sulfide) groups is 1. The van der Waals surface area contributed by atoms with E-state index in [1.54, 1.807) is 11.8 Å². The zero-order chi connectivity index (χ0) is 16.8. The van der Waals surface area contributed by atoms with Crippen LogP contribution in [0.4, 0.5) is 0 Å². The van der Waals surface area contributed by atoms with Crippen LogP contribution in [0.15, 0.2) is 70.1 Å². The fraction of sp³-hybridized carbons (Fsp3) is 0.158. The predicted octanol–water partition coefficient (Wildman–Crippen LogP) is 4.21. The number of rotatable bonds is 6. The molecule has 5 heteroatoms. The Kier molecular flexibility index (Phi) is 5.33. The van der Waals surface area contributed by atoms with Gasteiger partial charge in [0.15, 0.2) is 5.76 Å². The first kappa shape index (κ1) is 16.3. The smallest absolute Gasteiger partial charge is 0.251 e. The number of nitrogens with zero attached hydrogens (tertiary/aromatic N) is 1. The minimum atomic E-state index is -0.119. The summed E-state index contributed by atoms with van der Waals surface area (Å²) in [7, 11) is 0. The summed E-state index contributed by atoms with van der Waals surface area (Å²) in [5.41, 5.74) is 2.63. The Balaban J connectivity index is 1.50. The molecule has 3 aromatic rings. The molecule has 0 aliphatic heterocycles. The number of carbonyl (C=O) groups is 1. The van der Waals surface area contributed by atoms with Gasteiger partial charge in [0.1, 0.15) is 0 Å². The average Bonchev–Trinajstić information content (AvgIpc) is 3.07. The molecule has 1 heterocycles. The third kappa shape index (κ3) is 4.49. The summed E-state index contributed by atoms with van der Waals surface area (Å²) in [6, 6.07) is 19.5. The highest BCUT2D eigenvalue weighted by atomic mass is 32.2. The first-order valence-electron chi connectivity index (χ1n) is 7.68. The van der Waals surface area contributed by atoms with Crippen molar-refractivity contribution in [1.29, 1.82) is 0 Å². The maximum atomic E-state index is 12.1. The van der Waals surface area contributed by atoms with Crippen molar-refractivity contribution in [1.82, 2.24) is 10.5 Å². The van der Waals surface area contributed by atoms with E-state index in [-0.39, 0.29) is 5.91 Å². The highest BCUT2D eigenvalue weighted by molar-refractivity contribution is 7.98. The van der Waals surface area contributed by atoms with Crippen molar-refractivity contribution in [3.05, 3.63) is 83.2 Å². The van der Waals surface area contributed by atoms with Crippen LogP contribution in [-0.2, 0) is 12.3 Å². The van der Waals surface area contributed by atoms with Crippen molar-refractivity contribution >= 4 is 17.7 Å². The lowest BCUT2D eigenvalue weighted by Gasteiger charge is -2.03. The average molecular weight is 338 g/mol. The van der Waals surface area contributed by atoms with Crippen molar-refractivity contribution in [2.24, 2.45) is 0 Å². The van der Waals surface area contributed by atoms with Gasteiger partial charge in [-0.1, -0.05) is 41.1 Å². The predicted molar refractivity (Wildman–Crippen MR) is 94.9 cm³/mol. The van der Waals surface area contributed by atoms with Crippen LogP contribution in [0, 0.1) is 6.92 Å². The maximum absolute atomic E-state index is 12.1. The first-order valence-corrected chi connectivity index (χ1v) is 8.66. The molecule has 0 saturated carbocycles. The van der Waals surface area contributed by atoms with Crippen LogP contribution in [0.5, 0.6) is 0 Å². The van der Waals surface area contributed by atoms with Crippen molar-refractivity contribution in [3.8, 4) is 0 Å². The SMILES string of the molecule is Cc1ccc(C(=O)NCc2cc(CSc3ccccc3)no2)cc1. The summed E-state index contributed by atoms with van der Waals surface area (Å²) in [5, 5.41) is 6.89.